The van der Waals surface area contributed by atoms with E-state index in [4.69, 9.17) is 14.2 Å². The Labute approximate surface area is 510 Å². The summed E-state index contributed by atoms with van der Waals surface area (Å²) < 4.78 is 16.9. The lowest BCUT2D eigenvalue weighted by molar-refractivity contribution is -0.167. The third kappa shape index (κ3) is 67.9. The summed E-state index contributed by atoms with van der Waals surface area (Å²) in [7, 11) is 0. The highest BCUT2D eigenvalue weighted by Gasteiger charge is 2.19. The molecule has 1 unspecified atom stereocenters. The van der Waals surface area contributed by atoms with Crippen molar-refractivity contribution in [3.05, 3.63) is 60.8 Å². The first kappa shape index (κ1) is 79.1. The first-order valence-corrected chi connectivity index (χ1v) is 36.3. The van der Waals surface area contributed by atoms with Gasteiger partial charge in [0.25, 0.3) is 0 Å². The molecular formula is C76H138O6. The van der Waals surface area contributed by atoms with Crippen molar-refractivity contribution in [2.45, 2.75) is 393 Å². The second kappa shape index (κ2) is 70.6. The molecule has 6 nitrogen and oxygen atoms in total. The summed E-state index contributed by atoms with van der Waals surface area (Å²) in [5, 5.41) is 0. The fourth-order valence-electron chi connectivity index (χ4n) is 10.8. The van der Waals surface area contributed by atoms with Crippen LogP contribution in [0.25, 0.3) is 0 Å². The van der Waals surface area contributed by atoms with Crippen LogP contribution < -0.4 is 0 Å². The van der Waals surface area contributed by atoms with Crippen LogP contribution in [-0.2, 0) is 28.6 Å². The highest BCUT2D eigenvalue weighted by Crippen LogP contribution is 2.19. The molecule has 0 heterocycles. The number of carbonyl (C=O) groups excluding carboxylic acids is 3. The molecule has 0 aromatic rings. The molecule has 0 saturated heterocycles. The van der Waals surface area contributed by atoms with Crippen molar-refractivity contribution in [3.63, 3.8) is 0 Å². The van der Waals surface area contributed by atoms with Crippen LogP contribution in [0.2, 0.25) is 0 Å². The van der Waals surface area contributed by atoms with Gasteiger partial charge in [-0.15, -0.1) is 0 Å². The minimum absolute atomic E-state index is 0.0861. The summed E-state index contributed by atoms with van der Waals surface area (Å²) in [6.07, 6.45) is 91.4. The van der Waals surface area contributed by atoms with Crippen LogP contribution in [0.15, 0.2) is 60.8 Å². The number of rotatable bonds is 67. The van der Waals surface area contributed by atoms with Gasteiger partial charge in [-0.05, 0) is 83.5 Å². The van der Waals surface area contributed by atoms with Crippen LogP contribution >= 0.6 is 0 Å². The molecule has 6 heteroatoms. The zero-order valence-electron chi connectivity index (χ0n) is 55.0. The molecule has 0 saturated carbocycles. The van der Waals surface area contributed by atoms with Gasteiger partial charge in [0.15, 0.2) is 6.10 Å². The molecule has 0 radical (unpaired) electrons. The van der Waals surface area contributed by atoms with Gasteiger partial charge in [-0.1, -0.05) is 345 Å². The zero-order valence-corrected chi connectivity index (χ0v) is 55.0. The van der Waals surface area contributed by atoms with Crippen LogP contribution in [0.3, 0.4) is 0 Å². The molecule has 0 bridgehead atoms. The fraction of sp³-hybridized carbons (Fsp3) is 0.829. The maximum absolute atomic E-state index is 12.9. The van der Waals surface area contributed by atoms with Crippen molar-refractivity contribution in [1.29, 1.82) is 0 Å². The molecule has 0 aliphatic heterocycles. The summed E-state index contributed by atoms with van der Waals surface area (Å²) in [5.74, 6) is -0.905. The normalized spacial score (nSPS) is 12.4. The van der Waals surface area contributed by atoms with Gasteiger partial charge in [-0.25, -0.2) is 0 Å². The van der Waals surface area contributed by atoms with Crippen molar-refractivity contribution in [2.24, 2.45) is 0 Å². The average Bonchev–Trinajstić information content (AvgIpc) is 3.47. The maximum atomic E-state index is 12.9. The second-order valence-electron chi connectivity index (χ2n) is 24.5. The summed E-state index contributed by atoms with van der Waals surface area (Å²) in [6.45, 7) is 6.55. The number of carbonyl (C=O) groups is 3. The summed E-state index contributed by atoms with van der Waals surface area (Å²) in [4.78, 5) is 38.3. The molecule has 82 heavy (non-hydrogen) atoms. The van der Waals surface area contributed by atoms with Crippen molar-refractivity contribution in [2.75, 3.05) is 13.2 Å². The third-order valence-electron chi connectivity index (χ3n) is 16.3. The maximum Gasteiger partial charge on any atom is 0.306 e. The molecule has 1 atom stereocenters. The lowest BCUT2D eigenvalue weighted by atomic mass is 10.0. The van der Waals surface area contributed by atoms with E-state index in [9.17, 15) is 14.4 Å². The zero-order chi connectivity index (χ0) is 59.2. The van der Waals surface area contributed by atoms with Crippen molar-refractivity contribution in [3.8, 4) is 0 Å². The number of hydrogen-bond donors (Lipinski definition) is 0. The van der Waals surface area contributed by atoms with E-state index in [2.05, 4.69) is 81.5 Å². The Kier molecular flexibility index (Phi) is 68.1. The molecule has 478 valence electrons. The molecule has 0 fully saturated rings. The van der Waals surface area contributed by atoms with Crippen LogP contribution in [0.1, 0.15) is 387 Å². The van der Waals surface area contributed by atoms with Crippen LogP contribution in [-0.4, -0.2) is 37.2 Å². The van der Waals surface area contributed by atoms with Gasteiger partial charge in [-0.3, -0.25) is 14.4 Å². The molecule has 0 N–H and O–H groups in total. The van der Waals surface area contributed by atoms with E-state index >= 15 is 0 Å². The second-order valence-corrected chi connectivity index (χ2v) is 24.5. The fourth-order valence-corrected chi connectivity index (χ4v) is 10.8. The van der Waals surface area contributed by atoms with Gasteiger partial charge < -0.3 is 14.2 Å². The Bertz CT molecular complexity index is 1460. The minimum atomic E-state index is -0.794. The number of ether oxygens (including phenoxy) is 3. The van der Waals surface area contributed by atoms with Crippen molar-refractivity contribution < 1.29 is 28.6 Å². The Balaban J connectivity index is 4.09. The quantitative estimate of drug-likeness (QED) is 0.0261. The van der Waals surface area contributed by atoms with E-state index in [0.29, 0.717) is 19.3 Å². The van der Waals surface area contributed by atoms with Gasteiger partial charge in [0.2, 0.25) is 0 Å². The van der Waals surface area contributed by atoms with E-state index in [1.165, 1.54) is 263 Å². The largest absolute Gasteiger partial charge is 0.462 e. The predicted molar refractivity (Wildman–Crippen MR) is 358 cm³/mol. The van der Waals surface area contributed by atoms with Crippen molar-refractivity contribution in [1.82, 2.24) is 0 Å². The standard InChI is InChI=1S/C76H138O6/c1-4-7-10-13-16-19-22-25-28-29-30-31-32-33-34-35-36-37-38-39-40-41-42-43-44-45-46-47-49-51-54-57-60-63-66-69-75(78)81-72-73(71-80-74(77)68-65-62-59-56-53-50-27-24-21-18-15-12-9-6-3)82-76(79)70-67-64-61-58-55-52-48-26-23-20-17-14-11-8-5-2/h8,11,17,20,26,29-30,48,55,58,73H,4-7,9-10,12-16,18-19,21-25,27-28,31-47,49-54,56-57,59-72H2,1-3H3/b11-8-,20-17-,30-29-,48-26-,58-55-. The van der Waals surface area contributed by atoms with Gasteiger partial charge in [0.1, 0.15) is 13.2 Å². The molecular weight excluding hydrogens is 1010 g/mol. The molecule has 0 aromatic carbocycles. The number of esters is 3. The van der Waals surface area contributed by atoms with Gasteiger partial charge >= 0.3 is 17.9 Å². The van der Waals surface area contributed by atoms with Gasteiger partial charge in [0.05, 0.1) is 0 Å². The van der Waals surface area contributed by atoms with Crippen LogP contribution in [0, 0.1) is 0 Å². The van der Waals surface area contributed by atoms with Crippen LogP contribution in [0.4, 0.5) is 0 Å². The lowest BCUT2D eigenvalue weighted by Gasteiger charge is -2.18. The van der Waals surface area contributed by atoms with E-state index in [-0.39, 0.29) is 37.5 Å². The number of hydrogen-bond acceptors (Lipinski definition) is 6. The summed E-state index contributed by atoms with van der Waals surface area (Å²) in [5.41, 5.74) is 0. The van der Waals surface area contributed by atoms with E-state index in [1.807, 2.05) is 0 Å². The number of allylic oxidation sites excluding steroid dienone is 10. The Morgan fingerprint density at radius 1 is 0.256 bits per heavy atom. The average molecular weight is 1150 g/mol. The van der Waals surface area contributed by atoms with Gasteiger partial charge in [0, 0.05) is 19.3 Å². The minimum Gasteiger partial charge on any atom is -0.462 e. The molecule has 0 amide bonds. The Morgan fingerprint density at radius 3 is 0.780 bits per heavy atom. The highest BCUT2D eigenvalue weighted by molar-refractivity contribution is 5.71. The Hall–Kier alpha value is -2.89. The predicted octanol–water partition coefficient (Wildman–Crippen LogP) is 25.1. The molecule has 0 aliphatic carbocycles. The van der Waals surface area contributed by atoms with Gasteiger partial charge in [-0.2, -0.15) is 0 Å². The monoisotopic (exact) mass is 1150 g/mol. The molecule has 0 aromatic heterocycles. The molecule has 0 rings (SSSR count). The molecule has 0 aliphatic rings. The summed E-state index contributed by atoms with van der Waals surface area (Å²) >= 11 is 0. The smallest absolute Gasteiger partial charge is 0.306 e. The summed E-state index contributed by atoms with van der Waals surface area (Å²) in [6, 6.07) is 0. The topological polar surface area (TPSA) is 78.9 Å². The first-order valence-electron chi connectivity index (χ1n) is 36.3. The van der Waals surface area contributed by atoms with E-state index in [1.54, 1.807) is 0 Å². The first-order chi connectivity index (χ1) is 40.5. The molecule has 0 spiro atoms. The van der Waals surface area contributed by atoms with Crippen LogP contribution in [0.5, 0.6) is 0 Å². The highest BCUT2D eigenvalue weighted by atomic mass is 16.6. The number of unbranched alkanes of at least 4 members (excludes halogenated alkanes) is 46. The van der Waals surface area contributed by atoms with E-state index in [0.717, 1.165) is 77.0 Å². The van der Waals surface area contributed by atoms with E-state index < -0.39 is 6.10 Å². The lowest BCUT2D eigenvalue weighted by Crippen LogP contribution is -2.30. The third-order valence-corrected chi connectivity index (χ3v) is 16.3. The van der Waals surface area contributed by atoms with Crippen molar-refractivity contribution >= 4 is 17.9 Å². The Morgan fingerprint density at radius 2 is 0.476 bits per heavy atom. The SMILES string of the molecule is CC/C=C\C/C=C\C/C=C\C/C=C\CCCCC(=O)OC(COC(=O)CCCCCCCCCCCCCCCC)COC(=O)CCCCCCCCCCCCCCCCCCCCCCCCC/C=C\CCCCCCCCCC.